The van der Waals surface area contributed by atoms with Crippen LogP contribution in [0.1, 0.15) is 26.7 Å². The fourth-order valence-electron chi connectivity index (χ4n) is 2.58. The topological polar surface area (TPSA) is 29.5 Å². The van der Waals surface area contributed by atoms with Crippen molar-refractivity contribution in [2.75, 3.05) is 13.7 Å². The van der Waals surface area contributed by atoms with Crippen molar-refractivity contribution < 1.29 is 9.53 Å². The van der Waals surface area contributed by atoms with E-state index in [1.54, 1.807) is 0 Å². The summed E-state index contributed by atoms with van der Waals surface area (Å²) in [6, 6.07) is 0.247. The van der Waals surface area contributed by atoms with Crippen LogP contribution >= 0.6 is 0 Å². The number of likely N-dealkylation sites (tertiary alicyclic amines) is 1. The van der Waals surface area contributed by atoms with Gasteiger partial charge in [0.2, 0.25) is 0 Å². The molecule has 1 saturated heterocycles. The summed E-state index contributed by atoms with van der Waals surface area (Å²) in [5.74, 6) is 0.422. The largest absolute Gasteiger partial charge is 0.468 e. The molecule has 0 bridgehead atoms. The third-order valence-corrected chi connectivity index (χ3v) is 3.40. The number of esters is 1. The van der Waals surface area contributed by atoms with Crippen LogP contribution in [0.15, 0.2) is 12.7 Å². The molecule has 0 amide bonds. The molecule has 1 aliphatic rings. The van der Waals surface area contributed by atoms with Gasteiger partial charge in [-0.15, -0.1) is 6.58 Å². The van der Waals surface area contributed by atoms with Gasteiger partial charge in [0, 0.05) is 6.04 Å². The van der Waals surface area contributed by atoms with E-state index < -0.39 is 0 Å². The molecule has 1 aliphatic heterocycles. The molecule has 1 fully saturated rings. The summed E-state index contributed by atoms with van der Waals surface area (Å²) in [5, 5.41) is 0. The maximum Gasteiger partial charge on any atom is 0.323 e. The number of methoxy groups -OCH3 is 1. The number of hydrogen-bond acceptors (Lipinski definition) is 3. The van der Waals surface area contributed by atoms with E-state index in [1.165, 1.54) is 7.11 Å². The summed E-state index contributed by atoms with van der Waals surface area (Å²) >= 11 is 0. The molecule has 0 unspecified atom stereocenters. The first-order valence-electron chi connectivity index (χ1n) is 5.65. The Labute approximate surface area is 92.1 Å². The molecule has 0 aliphatic carbocycles. The van der Waals surface area contributed by atoms with Crippen LogP contribution in [0.2, 0.25) is 0 Å². The van der Waals surface area contributed by atoms with Gasteiger partial charge < -0.3 is 4.74 Å². The maximum atomic E-state index is 11.6. The second-order valence-corrected chi connectivity index (χ2v) is 4.00. The Kier molecular flexibility index (Phi) is 4.33. The first-order valence-corrected chi connectivity index (χ1v) is 5.65. The molecule has 0 N–H and O–H groups in total. The van der Waals surface area contributed by atoms with Gasteiger partial charge in [0.25, 0.3) is 0 Å². The lowest BCUT2D eigenvalue weighted by Crippen LogP contribution is -2.40. The number of ether oxygens (including phenoxy) is 1. The van der Waals surface area contributed by atoms with Crippen LogP contribution in [-0.4, -0.2) is 36.6 Å². The Balaban J connectivity index is 2.83. The normalized spacial score (nSPS) is 31.5. The predicted molar refractivity (Wildman–Crippen MR) is 60.6 cm³/mol. The summed E-state index contributed by atoms with van der Waals surface area (Å²) < 4.78 is 4.84. The van der Waals surface area contributed by atoms with Gasteiger partial charge in [0.15, 0.2) is 0 Å². The quantitative estimate of drug-likeness (QED) is 0.525. The molecule has 3 nitrogen and oxygen atoms in total. The van der Waals surface area contributed by atoms with Crippen LogP contribution in [0.5, 0.6) is 0 Å². The lowest BCUT2D eigenvalue weighted by Gasteiger charge is -2.26. The zero-order valence-electron chi connectivity index (χ0n) is 9.90. The van der Waals surface area contributed by atoms with Crippen LogP contribution in [-0.2, 0) is 9.53 Å². The van der Waals surface area contributed by atoms with Crippen molar-refractivity contribution in [3.05, 3.63) is 12.7 Å². The molecule has 0 spiro atoms. The van der Waals surface area contributed by atoms with Gasteiger partial charge >= 0.3 is 5.97 Å². The number of rotatable bonds is 4. The molecule has 0 radical (unpaired) electrons. The highest BCUT2D eigenvalue weighted by molar-refractivity contribution is 5.76. The standard InChI is InChI=1S/C12H21NO2/c1-5-9-8-11(12(14)15-4)13(7-3)10(9)6-2/h6,9-11H,2,5,7-8H2,1,3-4H3/t9-,10+,11-/m1/s1. The molecule has 3 heteroatoms. The van der Waals surface area contributed by atoms with Crippen LogP contribution < -0.4 is 0 Å². The van der Waals surface area contributed by atoms with E-state index in [4.69, 9.17) is 4.74 Å². The summed E-state index contributed by atoms with van der Waals surface area (Å²) in [5.41, 5.74) is 0. The van der Waals surface area contributed by atoms with Gasteiger partial charge in [-0.25, -0.2) is 0 Å². The third kappa shape index (κ3) is 2.23. The smallest absolute Gasteiger partial charge is 0.323 e. The van der Waals surface area contributed by atoms with Crippen LogP contribution in [0.25, 0.3) is 0 Å². The molecule has 15 heavy (non-hydrogen) atoms. The lowest BCUT2D eigenvalue weighted by atomic mass is 9.96. The Morgan fingerprint density at radius 3 is 2.67 bits per heavy atom. The summed E-state index contributed by atoms with van der Waals surface area (Å²) in [6.45, 7) is 8.97. The van der Waals surface area contributed by atoms with Crippen LogP contribution in [0.3, 0.4) is 0 Å². The molecule has 0 aromatic heterocycles. The number of likely N-dealkylation sites (N-methyl/N-ethyl adjacent to an activating group) is 1. The average Bonchev–Trinajstić information content (AvgIpc) is 2.65. The molecule has 1 heterocycles. The number of nitrogens with zero attached hydrogens (tertiary/aromatic N) is 1. The Morgan fingerprint density at radius 2 is 2.27 bits per heavy atom. The van der Waals surface area contributed by atoms with Gasteiger partial charge in [0.1, 0.15) is 6.04 Å². The van der Waals surface area contributed by atoms with E-state index in [-0.39, 0.29) is 12.0 Å². The third-order valence-electron chi connectivity index (χ3n) is 3.40. The van der Waals surface area contributed by atoms with Crippen LogP contribution in [0, 0.1) is 5.92 Å². The van der Waals surface area contributed by atoms with Gasteiger partial charge in [-0.1, -0.05) is 26.3 Å². The van der Waals surface area contributed by atoms with Crippen molar-refractivity contribution in [3.8, 4) is 0 Å². The minimum atomic E-state index is -0.111. The van der Waals surface area contributed by atoms with Crippen molar-refractivity contribution in [1.82, 2.24) is 4.90 Å². The van der Waals surface area contributed by atoms with Gasteiger partial charge in [-0.05, 0) is 18.9 Å². The van der Waals surface area contributed by atoms with E-state index in [2.05, 4.69) is 25.3 Å². The minimum absolute atomic E-state index is 0.0760. The SMILES string of the molecule is C=C[C@H]1[C@H](CC)C[C@H](C(=O)OC)N1CC. The predicted octanol–water partition coefficient (Wildman–Crippen LogP) is 1.83. The molecule has 0 saturated carbocycles. The molecule has 3 atom stereocenters. The summed E-state index contributed by atoms with van der Waals surface area (Å²) in [6.07, 6.45) is 3.94. The van der Waals surface area contributed by atoms with E-state index in [0.29, 0.717) is 12.0 Å². The van der Waals surface area contributed by atoms with Crippen molar-refractivity contribution >= 4 is 5.97 Å². The van der Waals surface area contributed by atoms with E-state index in [1.807, 2.05) is 6.08 Å². The minimum Gasteiger partial charge on any atom is -0.468 e. The Morgan fingerprint density at radius 1 is 1.60 bits per heavy atom. The summed E-state index contributed by atoms with van der Waals surface area (Å²) in [7, 11) is 1.46. The molecule has 86 valence electrons. The van der Waals surface area contributed by atoms with Crippen molar-refractivity contribution in [1.29, 1.82) is 0 Å². The first kappa shape index (κ1) is 12.2. The lowest BCUT2D eigenvalue weighted by molar-refractivity contribution is -0.146. The Bertz CT molecular complexity index is 240. The first-order chi connectivity index (χ1) is 7.19. The summed E-state index contributed by atoms with van der Waals surface area (Å²) in [4.78, 5) is 13.8. The molecule has 0 aromatic rings. The molecule has 1 rings (SSSR count). The van der Waals surface area contributed by atoms with Gasteiger partial charge in [-0.2, -0.15) is 0 Å². The maximum absolute atomic E-state index is 11.6. The monoisotopic (exact) mass is 211 g/mol. The highest BCUT2D eigenvalue weighted by Crippen LogP contribution is 2.33. The second-order valence-electron chi connectivity index (χ2n) is 4.00. The highest BCUT2D eigenvalue weighted by atomic mass is 16.5. The van der Waals surface area contributed by atoms with E-state index in [9.17, 15) is 4.79 Å². The Hall–Kier alpha value is -0.830. The van der Waals surface area contributed by atoms with Crippen molar-refractivity contribution in [3.63, 3.8) is 0 Å². The zero-order valence-corrected chi connectivity index (χ0v) is 9.90. The van der Waals surface area contributed by atoms with Crippen molar-refractivity contribution in [2.24, 2.45) is 5.92 Å². The van der Waals surface area contributed by atoms with Gasteiger partial charge in [-0.3, -0.25) is 9.69 Å². The van der Waals surface area contributed by atoms with Crippen molar-refractivity contribution in [2.45, 2.75) is 38.8 Å². The van der Waals surface area contributed by atoms with Gasteiger partial charge in [0.05, 0.1) is 7.11 Å². The number of carbonyl (C=O) groups is 1. The molecular formula is C12H21NO2. The average molecular weight is 211 g/mol. The van der Waals surface area contributed by atoms with Crippen LogP contribution in [0.4, 0.5) is 0 Å². The second kappa shape index (κ2) is 5.31. The molecule has 0 aromatic carbocycles. The fourth-order valence-corrected chi connectivity index (χ4v) is 2.58. The van der Waals surface area contributed by atoms with E-state index in [0.717, 1.165) is 19.4 Å². The van der Waals surface area contributed by atoms with E-state index >= 15 is 0 Å². The zero-order chi connectivity index (χ0) is 11.4. The molecular weight excluding hydrogens is 190 g/mol. The fraction of sp³-hybridized carbons (Fsp3) is 0.750. The number of hydrogen-bond donors (Lipinski definition) is 0. The number of carbonyl (C=O) groups excluding carboxylic acids is 1. The highest BCUT2D eigenvalue weighted by Gasteiger charge is 2.41.